The van der Waals surface area contributed by atoms with Crippen LogP contribution < -0.4 is 10.2 Å². The van der Waals surface area contributed by atoms with Crippen molar-refractivity contribution >= 4 is 5.69 Å². The standard InChI is InChI=1S/C17H26N2/c1-13-5-8-16(11-14(13)2)19-10-4-9-18-17(3,12-19)15-6-7-15/h5,8,11,15,18H,4,6-7,9-10,12H2,1-3H3. The first-order valence-electron chi connectivity index (χ1n) is 7.66. The SMILES string of the molecule is Cc1ccc(N2CCCNC(C)(C3CC3)C2)cc1C. The molecule has 2 fully saturated rings. The topological polar surface area (TPSA) is 15.3 Å². The zero-order chi connectivity index (χ0) is 13.5. The molecule has 0 aromatic heterocycles. The van der Waals surface area contributed by atoms with Crippen LogP contribution in [0.1, 0.15) is 37.3 Å². The van der Waals surface area contributed by atoms with Gasteiger partial charge in [-0.05, 0) is 75.8 Å². The number of aryl methyl sites for hydroxylation is 2. The highest BCUT2D eigenvalue weighted by Crippen LogP contribution is 2.41. The minimum Gasteiger partial charge on any atom is -0.370 e. The summed E-state index contributed by atoms with van der Waals surface area (Å²) >= 11 is 0. The van der Waals surface area contributed by atoms with E-state index in [1.165, 1.54) is 42.6 Å². The molecule has 1 N–H and O–H groups in total. The third kappa shape index (κ3) is 2.64. The second-order valence-corrected chi connectivity index (χ2v) is 6.66. The molecule has 2 nitrogen and oxygen atoms in total. The molecule has 1 unspecified atom stereocenters. The molecule has 0 amide bonds. The maximum atomic E-state index is 3.80. The van der Waals surface area contributed by atoms with E-state index in [4.69, 9.17) is 0 Å². The quantitative estimate of drug-likeness (QED) is 0.876. The van der Waals surface area contributed by atoms with Gasteiger partial charge in [0, 0.05) is 24.3 Å². The van der Waals surface area contributed by atoms with E-state index in [1.54, 1.807) is 0 Å². The lowest BCUT2D eigenvalue weighted by Gasteiger charge is -2.35. The molecule has 1 saturated carbocycles. The number of nitrogens with zero attached hydrogens (tertiary/aromatic N) is 1. The molecule has 104 valence electrons. The van der Waals surface area contributed by atoms with Gasteiger partial charge in [0.15, 0.2) is 0 Å². The van der Waals surface area contributed by atoms with Crippen molar-refractivity contribution in [2.75, 3.05) is 24.5 Å². The van der Waals surface area contributed by atoms with Crippen molar-refractivity contribution in [1.82, 2.24) is 5.32 Å². The van der Waals surface area contributed by atoms with Gasteiger partial charge in [-0.25, -0.2) is 0 Å². The average Bonchev–Trinajstić information content (AvgIpc) is 3.19. The lowest BCUT2D eigenvalue weighted by molar-refractivity contribution is 0.331. The van der Waals surface area contributed by atoms with Gasteiger partial charge in [-0.1, -0.05) is 6.07 Å². The Bertz CT molecular complexity index is 464. The van der Waals surface area contributed by atoms with Crippen molar-refractivity contribution in [2.45, 2.75) is 45.6 Å². The number of nitrogens with one attached hydrogen (secondary N) is 1. The number of hydrogen-bond donors (Lipinski definition) is 1. The van der Waals surface area contributed by atoms with E-state index in [9.17, 15) is 0 Å². The van der Waals surface area contributed by atoms with E-state index in [-0.39, 0.29) is 0 Å². The van der Waals surface area contributed by atoms with Gasteiger partial charge in [-0.2, -0.15) is 0 Å². The van der Waals surface area contributed by atoms with Crippen LogP contribution in [0.25, 0.3) is 0 Å². The number of anilines is 1. The Morgan fingerprint density at radius 1 is 1.21 bits per heavy atom. The van der Waals surface area contributed by atoms with Crippen molar-refractivity contribution < 1.29 is 0 Å². The first-order chi connectivity index (χ1) is 9.08. The molecule has 0 radical (unpaired) electrons. The summed E-state index contributed by atoms with van der Waals surface area (Å²) in [6, 6.07) is 6.91. The summed E-state index contributed by atoms with van der Waals surface area (Å²) in [5.41, 5.74) is 4.51. The average molecular weight is 258 g/mol. The zero-order valence-corrected chi connectivity index (χ0v) is 12.5. The first-order valence-corrected chi connectivity index (χ1v) is 7.66. The summed E-state index contributed by atoms with van der Waals surface area (Å²) < 4.78 is 0. The molecule has 1 heterocycles. The molecule has 2 aliphatic rings. The molecule has 19 heavy (non-hydrogen) atoms. The van der Waals surface area contributed by atoms with Gasteiger partial charge in [-0.3, -0.25) is 0 Å². The molecule has 3 rings (SSSR count). The highest BCUT2D eigenvalue weighted by molar-refractivity contribution is 5.51. The van der Waals surface area contributed by atoms with Gasteiger partial charge < -0.3 is 10.2 Å². The molecule has 1 atom stereocenters. The molecule has 1 aliphatic carbocycles. The van der Waals surface area contributed by atoms with Crippen molar-refractivity contribution in [3.63, 3.8) is 0 Å². The highest BCUT2D eigenvalue weighted by atomic mass is 15.2. The lowest BCUT2D eigenvalue weighted by atomic mass is 9.95. The lowest BCUT2D eigenvalue weighted by Crippen LogP contribution is -2.51. The van der Waals surface area contributed by atoms with Crippen LogP contribution in [0.4, 0.5) is 5.69 Å². The summed E-state index contributed by atoms with van der Waals surface area (Å²) in [4.78, 5) is 2.59. The largest absolute Gasteiger partial charge is 0.370 e. The predicted molar refractivity (Wildman–Crippen MR) is 81.9 cm³/mol. The van der Waals surface area contributed by atoms with Crippen molar-refractivity contribution in [3.05, 3.63) is 29.3 Å². The Balaban J connectivity index is 1.83. The summed E-state index contributed by atoms with van der Waals surface area (Å²) in [6.07, 6.45) is 4.06. The van der Waals surface area contributed by atoms with Crippen LogP contribution in [-0.2, 0) is 0 Å². The third-order valence-corrected chi connectivity index (χ3v) is 4.99. The van der Waals surface area contributed by atoms with E-state index in [0.29, 0.717) is 5.54 Å². The van der Waals surface area contributed by atoms with E-state index < -0.39 is 0 Å². The van der Waals surface area contributed by atoms with Crippen molar-refractivity contribution in [1.29, 1.82) is 0 Å². The fourth-order valence-corrected chi connectivity index (χ4v) is 3.31. The normalized spacial score (nSPS) is 28.3. The smallest absolute Gasteiger partial charge is 0.0369 e. The molecular weight excluding hydrogens is 232 g/mol. The Hall–Kier alpha value is -1.02. The van der Waals surface area contributed by atoms with Crippen LogP contribution >= 0.6 is 0 Å². The van der Waals surface area contributed by atoms with Gasteiger partial charge >= 0.3 is 0 Å². The molecule has 0 spiro atoms. The van der Waals surface area contributed by atoms with Crippen LogP contribution in [0, 0.1) is 19.8 Å². The summed E-state index contributed by atoms with van der Waals surface area (Å²) in [7, 11) is 0. The fourth-order valence-electron chi connectivity index (χ4n) is 3.31. The van der Waals surface area contributed by atoms with Gasteiger partial charge in [0.1, 0.15) is 0 Å². The van der Waals surface area contributed by atoms with Crippen molar-refractivity contribution in [3.8, 4) is 0 Å². The second kappa shape index (κ2) is 4.82. The second-order valence-electron chi connectivity index (χ2n) is 6.66. The van der Waals surface area contributed by atoms with E-state index >= 15 is 0 Å². The maximum absolute atomic E-state index is 3.80. The molecule has 1 saturated heterocycles. The maximum Gasteiger partial charge on any atom is 0.0369 e. The van der Waals surface area contributed by atoms with E-state index in [2.05, 4.69) is 49.2 Å². The summed E-state index contributed by atoms with van der Waals surface area (Å²) in [5, 5.41) is 3.80. The molecule has 1 aromatic rings. The highest BCUT2D eigenvalue weighted by Gasteiger charge is 2.43. The van der Waals surface area contributed by atoms with Gasteiger partial charge in [0.05, 0.1) is 0 Å². The van der Waals surface area contributed by atoms with E-state index in [0.717, 1.165) is 19.0 Å². The Morgan fingerprint density at radius 3 is 2.68 bits per heavy atom. The van der Waals surface area contributed by atoms with Crippen LogP contribution in [-0.4, -0.2) is 25.2 Å². The minimum absolute atomic E-state index is 0.315. The van der Waals surface area contributed by atoms with E-state index in [1.807, 2.05) is 0 Å². The zero-order valence-electron chi connectivity index (χ0n) is 12.5. The minimum atomic E-state index is 0.315. The number of benzene rings is 1. The Morgan fingerprint density at radius 2 is 2.00 bits per heavy atom. The van der Waals surface area contributed by atoms with Crippen molar-refractivity contribution in [2.24, 2.45) is 5.92 Å². The Labute approximate surface area is 117 Å². The van der Waals surface area contributed by atoms with Crippen LogP contribution in [0.5, 0.6) is 0 Å². The van der Waals surface area contributed by atoms with Crippen LogP contribution in [0.2, 0.25) is 0 Å². The number of hydrogen-bond acceptors (Lipinski definition) is 2. The predicted octanol–water partition coefficient (Wildman–Crippen LogP) is 3.27. The monoisotopic (exact) mass is 258 g/mol. The molecule has 2 heteroatoms. The van der Waals surface area contributed by atoms with Gasteiger partial charge in [0.2, 0.25) is 0 Å². The summed E-state index contributed by atoms with van der Waals surface area (Å²) in [6.45, 7) is 10.3. The molecule has 1 aliphatic heterocycles. The van der Waals surface area contributed by atoms with Gasteiger partial charge in [-0.15, -0.1) is 0 Å². The van der Waals surface area contributed by atoms with Crippen LogP contribution in [0.15, 0.2) is 18.2 Å². The van der Waals surface area contributed by atoms with Gasteiger partial charge in [0.25, 0.3) is 0 Å². The fraction of sp³-hybridized carbons (Fsp3) is 0.647. The molecule has 1 aromatic carbocycles. The van der Waals surface area contributed by atoms with Crippen LogP contribution in [0.3, 0.4) is 0 Å². The summed E-state index contributed by atoms with van der Waals surface area (Å²) in [5.74, 6) is 0.889. The Kier molecular flexibility index (Phi) is 3.30. The number of rotatable bonds is 2. The first kappa shape index (κ1) is 13.0. The third-order valence-electron chi connectivity index (χ3n) is 4.99. The molecule has 0 bridgehead atoms. The molecular formula is C17H26N2.